The zero-order valence-electron chi connectivity index (χ0n) is 18.8. The summed E-state index contributed by atoms with van der Waals surface area (Å²) in [6.07, 6.45) is 2.25. The topological polar surface area (TPSA) is 80.6 Å². The van der Waals surface area contributed by atoms with Crippen molar-refractivity contribution >= 4 is 35.8 Å². The highest BCUT2D eigenvalue weighted by molar-refractivity contribution is 14.0. The number of carbonyl (C=O) groups is 1. The minimum Gasteiger partial charge on any atom is -0.508 e. The van der Waals surface area contributed by atoms with Gasteiger partial charge >= 0.3 is 0 Å². The van der Waals surface area contributed by atoms with Gasteiger partial charge in [-0.25, -0.2) is 4.99 Å². The molecule has 2 N–H and O–H groups in total. The molecule has 3 rings (SSSR count). The normalized spacial score (nSPS) is 18.5. The third-order valence-electron chi connectivity index (χ3n) is 5.96. The summed E-state index contributed by atoms with van der Waals surface area (Å²) in [5, 5.41) is 13.5. The first-order valence-electron chi connectivity index (χ1n) is 11.0. The molecule has 2 aliphatic heterocycles. The van der Waals surface area contributed by atoms with Gasteiger partial charge in [0.15, 0.2) is 5.96 Å². The van der Waals surface area contributed by atoms with E-state index in [-0.39, 0.29) is 41.7 Å². The van der Waals surface area contributed by atoms with Crippen LogP contribution in [0.15, 0.2) is 23.2 Å². The molecule has 2 saturated heterocycles. The summed E-state index contributed by atoms with van der Waals surface area (Å²) in [6, 6.07) is 5.11. The number of rotatable bonds is 6. The van der Waals surface area contributed by atoms with Gasteiger partial charge in [0, 0.05) is 51.4 Å². The molecule has 1 aromatic carbocycles. The van der Waals surface area contributed by atoms with E-state index in [4.69, 9.17) is 9.73 Å². The van der Waals surface area contributed by atoms with Crippen molar-refractivity contribution in [3.8, 4) is 11.5 Å². The van der Waals surface area contributed by atoms with E-state index in [1.54, 1.807) is 19.2 Å². The molecule has 0 bridgehead atoms. The van der Waals surface area contributed by atoms with Crippen molar-refractivity contribution in [3.63, 3.8) is 0 Å². The van der Waals surface area contributed by atoms with Crippen LogP contribution in [0.25, 0.3) is 0 Å². The molecule has 1 aromatic rings. The van der Waals surface area contributed by atoms with E-state index in [1.807, 2.05) is 24.8 Å². The number of amides is 1. The second-order valence-electron chi connectivity index (χ2n) is 7.90. The van der Waals surface area contributed by atoms with Crippen LogP contribution in [0, 0.1) is 0 Å². The van der Waals surface area contributed by atoms with E-state index in [1.165, 1.54) is 0 Å². The predicted molar refractivity (Wildman–Crippen MR) is 133 cm³/mol. The first-order chi connectivity index (χ1) is 14.5. The Morgan fingerprint density at radius 3 is 2.45 bits per heavy atom. The van der Waals surface area contributed by atoms with Crippen molar-refractivity contribution in [1.82, 2.24) is 20.0 Å². The number of hydrogen-bond acceptors (Lipinski definition) is 5. The zero-order valence-corrected chi connectivity index (χ0v) is 21.2. The maximum absolute atomic E-state index is 12.7. The maximum atomic E-state index is 12.7. The average molecular weight is 545 g/mol. The number of methoxy groups -OCH3 is 1. The van der Waals surface area contributed by atoms with Crippen molar-refractivity contribution in [2.24, 2.45) is 4.99 Å². The largest absolute Gasteiger partial charge is 0.508 e. The molecule has 31 heavy (non-hydrogen) atoms. The van der Waals surface area contributed by atoms with Crippen LogP contribution >= 0.6 is 24.0 Å². The second-order valence-corrected chi connectivity index (χ2v) is 7.90. The van der Waals surface area contributed by atoms with Gasteiger partial charge in [0.2, 0.25) is 5.91 Å². The molecule has 0 aromatic heterocycles. The number of likely N-dealkylation sites (tertiary alicyclic amines) is 1. The van der Waals surface area contributed by atoms with E-state index in [9.17, 15) is 9.90 Å². The molecule has 1 unspecified atom stereocenters. The Balaban J connectivity index is 0.00000341. The highest BCUT2D eigenvalue weighted by Crippen LogP contribution is 2.23. The molecular formula is C22H36IN5O3. The average Bonchev–Trinajstić information content (AvgIpc) is 3.31. The van der Waals surface area contributed by atoms with Gasteiger partial charge in [0.25, 0.3) is 0 Å². The Hall–Kier alpha value is -1.75. The summed E-state index contributed by atoms with van der Waals surface area (Å²) >= 11 is 0. The van der Waals surface area contributed by atoms with E-state index in [0.717, 1.165) is 70.2 Å². The van der Waals surface area contributed by atoms with Crippen molar-refractivity contribution in [3.05, 3.63) is 23.8 Å². The molecule has 2 fully saturated rings. The predicted octanol–water partition coefficient (Wildman–Crippen LogP) is 2.11. The Morgan fingerprint density at radius 1 is 1.16 bits per heavy atom. The highest BCUT2D eigenvalue weighted by Gasteiger charge is 2.30. The quantitative estimate of drug-likeness (QED) is 0.324. The molecule has 9 heteroatoms. The number of piperazine rings is 1. The number of aromatic hydroxyl groups is 1. The number of guanidine groups is 1. The number of phenols is 1. The number of hydrogen-bond donors (Lipinski definition) is 2. The number of nitrogens with one attached hydrogen (secondary N) is 1. The molecular weight excluding hydrogens is 509 g/mol. The number of ether oxygens (including phenoxy) is 1. The molecule has 2 aliphatic rings. The van der Waals surface area contributed by atoms with Gasteiger partial charge in [-0.2, -0.15) is 0 Å². The first-order valence-corrected chi connectivity index (χ1v) is 11.0. The smallest absolute Gasteiger partial charge is 0.239 e. The van der Waals surface area contributed by atoms with Gasteiger partial charge < -0.3 is 25.0 Å². The molecule has 0 spiro atoms. The molecule has 2 heterocycles. The van der Waals surface area contributed by atoms with Crippen molar-refractivity contribution in [2.75, 3.05) is 52.9 Å². The van der Waals surface area contributed by atoms with E-state index in [0.29, 0.717) is 12.3 Å². The number of carbonyl (C=O) groups excluding carboxylic acids is 1. The fourth-order valence-electron chi connectivity index (χ4n) is 4.08. The summed E-state index contributed by atoms with van der Waals surface area (Å²) in [6.45, 7) is 10.3. The van der Waals surface area contributed by atoms with Gasteiger partial charge in [-0.3, -0.25) is 9.69 Å². The van der Waals surface area contributed by atoms with Crippen LogP contribution in [0.2, 0.25) is 0 Å². The van der Waals surface area contributed by atoms with Gasteiger partial charge in [0.05, 0.1) is 19.7 Å². The first kappa shape index (κ1) is 25.5. The number of benzene rings is 1. The number of nitrogens with zero attached hydrogens (tertiary/aromatic N) is 4. The van der Waals surface area contributed by atoms with E-state index < -0.39 is 0 Å². The van der Waals surface area contributed by atoms with Crippen LogP contribution in [0.1, 0.15) is 32.3 Å². The maximum Gasteiger partial charge on any atom is 0.239 e. The van der Waals surface area contributed by atoms with Crippen LogP contribution in [-0.2, 0) is 11.3 Å². The molecule has 8 nitrogen and oxygen atoms in total. The summed E-state index contributed by atoms with van der Waals surface area (Å²) in [5.74, 6) is 2.01. The fraction of sp³-hybridized carbons (Fsp3) is 0.636. The van der Waals surface area contributed by atoms with E-state index >= 15 is 0 Å². The van der Waals surface area contributed by atoms with Crippen LogP contribution in [0.3, 0.4) is 0 Å². The Bertz CT molecular complexity index is 747. The number of aliphatic imine (C=N–C) groups is 1. The van der Waals surface area contributed by atoms with Crippen LogP contribution in [0.5, 0.6) is 11.5 Å². The standard InChI is InChI=1S/C22H35N5O3.HI/c1-4-23-22(24-16-18-15-19(30-3)7-8-20(18)28)27-13-11-25(12-14-27)17(2)21(29)26-9-5-6-10-26;/h7-8,15,17,28H,4-6,9-14,16H2,1-3H3,(H,23,24);1H. The number of halogens is 1. The minimum atomic E-state index is -0.0708. The fourth-order valence-corrected chi connectivity index (χ4v) is 4.08. The Labute approximate surface area is 202 Å². The van der Waals surface area contributed by atoms with Crippen LogP contribution in [0.4, 0.5) is 0 Å². The van der Waals surface area contributed by atoms with Crippen molar-refractivity contribution in [2.45, 2.75) is 39.3 Å². The molecule has 0 saturated carbocycles. The third kappa shape index (κ3) is 6.61. The lowest BCUT2D eigenvalue weighted by Gasteiger charge is -2.39. The zero-order chi connectivity index (χ0) is 21.5. The second kappa shape index (κ2) is 12.3. The molecule has 0 aliphatic carbocycles. The monoisotopic (exact) mass is 545 g/mol. The number of phenolic OH excluding ortho intramolecular Hbond substituents is 1. The van der Waals surface area contributed by atoms with Gasteiger partial charge in [-0.15, -0.1) is 24.0 Å². The van der Waals surface area contributed by atoms with Gasteiger partial charge in [-0.05, 0) is 44.9 Å². The lowest BCUT2D eigenvalue weighted by Crippen LogP contribution is -2.57. The van der Waals surface area contributed by atoms with Crippen LogP contribution in [-0.4, -0.2) is 90.6 Å². The molecule has 1 atom stereocenters. The lowest BCUT2D eigenvalue weighted by molar-refractivity contribution is -0.135. The molecule has 0 radical (unpaired) electrons. The Kier molecular flexibility index (Phi) is 10.1. The van der Waals surface area contributed by atoms with Gasteiger partial charge in [-0.1, -0.05) is 0 Å². The summed E-state index contributed by atoms with van der Waals surface area (Å²) < 4.78 is 5.25. The Morgan fingerprint density at radius 2 is 1.84 bits per heavy atom. The lowest BCUT2D eigenvalue weighted by atomic mass is 10.2. The summed E-state index contributed by atoms with van der Waals surface area (Å²) in [7, 11) is 1.61. The third-order valence-corrected chi connectivity index (χ3v) is 5.96. The van der Waals surface area contributed by atoms with Crippen molar-refractivity contribution < 1.29 is 14.6 Å². The SMILES string of the molecule is CCNC(=NCc1cc(OC)ccc1O)N1CCN(C(C)C(=O)N2CCCC2)CC1.I. The minimum absolute atomic E-state index is 0. The summed E-state index contributed by atoms with van der Waals surface area (Å²) in [5.41, 5.74) is 0.730. The van der Waals surface area contributed by atoms with E-state index in [2.05, 4.69) is 15.1 Å². The van der Waals surface area contributed by atoms with Crippen molar-refractivity contribution in [1.29, 1.82) is 0 Å². The van der Waals surface area contributed by atoms with Gasteiger partial charge in [0.1, 0.15) is 11.5 Å². The molecule has 174 valence electrons. The van der Waals surface area contributed by atoms with Crippen LogP contribution < -0.4 is 10.1 Å². The summed E-state index contributed by atoms with van der Waals surface area (Å²) in [4.78, 5) is 23.9. The highest BCUT2D eigenvalue weighted by atomic mass is 127. The molecule has 1 amide bonds.